The van der Waals surface area contributed by atoms with Gasteiger partial charge < -0.3 is 0 Å². The van der Waals surface area contributed by atoms with Crippen molar-refractivity contribution in [2.45, 2.75) is 39.0 Å². The molecule has 1 unspecified atom stereocenters. The number of halogens is 1. The normalized spacial score (nSPS) is 15.9. The van der Waals surface area contributed by atoms with E-state index in [1.54, 1.807) is 30.9 Å². The first-order valence-corrected chi connectivity index (χ1v) is 9.49. The van der Waals surface area contributed by atoms with Crippen molar-refractivity contribution in [2.75, 3.05) is 0 Å². The summed E-state index contributed by atoms with van der Waals surface area (Å²) in [6.45, 7) is 4.34. The lowest BCUT2D eigenvalue weighted by Crippen LogP contribution is -2.07. The summed E-state index contributed by atoms with van der Waals surface area (Å²) in [7, 11) is 0. The van der Waals surface area contributed by atoms with Crippen LogP contribution in [0.4, 0.5) is 4.39 Å². The van der Waals surface area contributed by atoms with Crippen LogP contribution in [0, 0.1) is 12.7 Å². The van der Waals surface area contributed by atoms with Crippen LogP contribution in [0.2, 0.25) is 0 Å². The van der Waals surface area contributed by atoms with E-state index in [0.29, 0.717) is 5.92 Å². The molecule has 1 aromatic heterocycles. The number of hydrogen-bond acceptors (Lipinski definition) is 2. The molecule has 0 spiro atoms. The molecule has 1 aliphatic rings. The van der Waals surface area contributed by atoms with Crippen molar-refractivity contribution >= 4 is 21.5 Å². The van der Waals surface area contributed by atoms with Crippen molar-refractivity contribution in [2.24, 2.45) is 0 Å². The van der Waals surface area contributed by atoms with Crippen molar-refractivity contribution in [3.05, 3.63) is 83.7 Å². The number of nitrogens with zero attached hydrogens (tertiary/aromatic N) is 2. The maximum atomic E-state index is 14.5. The van der Waals surface area contributed by atoms with Crippen LogP contribution in [0.1, 0.15) is 42.4 Å². The van der Waals surface area contributed by atoms with Gasteiger partial charge in [0.25, 0.3) is 0 Å². The average Bonchev–Trinajstić information content (AvgIpc) is 2.69. The first kappa shape index (κ1) is 17.6. The van der Waals surface area contributed by atoms with E-state index in [2.05, 4.69) is 42.0 Å². The Morgan fingerprint density at radius 1 is 0.852 bits per heavy atom. The minimum atomic E-state index is -0.0938. The summed E-state index contributed by atoms with van der Waals surface area (Å²) >= 11 is 0. The number of aromatic nitrogens is 2. The summed E-state index contributed by atoms with van der Waals surface area (Å²) in [4.78, 5) is 7.44. The highest BCUT2D eigenvalue weighted by atomic mass is 19.1. The van der Waals surface area contributed by atoms with Gasteiger partial charge in [0.15, 0.2) is 0 Å². The van der Waals surface area contributed by atoms with Crippen LogP contribution in [0.3, 0.4) is 0 Å². The lowest BCUT2D eigenvalue weighted by molar-refractivity contribution is 0.594. The van der Waals surface area contributed by atoms with E-state index < -0.39 is 0 Å². The Labute approximate surface area is 159 Å². The van der Waals surface area contributed by atoms with Crippen LogP contribution in [-0.4, -0.2) is 9.97 Å². The lowest BCUT2D eigenvalue weighted by Gasteiger charge is -2.24. The van der Waals surface area contributed by atoms with Gasteiger partial charge in [-0.3, -0.25) is 9.97 Å². The van der Waals surface area contributed by atoms with E-state index in [-0.39, 0.29) is 5.82 Å². The number of hydrogen-bond donors (Lipinski definition) is 0. The number of aryl methyl sites for hydroxylation is 2. The Balaban J connectivity index is 0.000000257. The quantitative estimate of drug-likeness (QED) is 0.342. The highest BCUT2D eigenvalue weighted by Crippen LogP contribution is 2.39. The molecule has 0 saturated carbocycles. The van der Waals surface area contributed by atoms with Gasteiger partial charge in [-0.1, -0.05) is 42.8 Å². The smallest absolute Gasteiger partial charge is 0.131 e. The van der Waals surface area contributed by atoms with Gasteiger partial charge in [0, 0.05) is 30.2 Å². The molecule has 1 aliphatic carbocycles. The molecule has 2 nitrogen and oxygen atoms in total. The third-order valence-corrected chi connectivity index (χ3v) is 5.42. The van der Waals surface area contributed by atoms with Crippen molar-refractivity contribution < 1.29 is 4.39 Å². The third kappa shape index (κ3) is 3.42. The minimum absolute atomic E-state index is 0.0938. The fourth-order valence-corrected chi connectivity index (χ4v) is 4.16. The predicted octanol–water partition coefficient (Wildman–Crippen LogP) is 6.36. The van der Waals surface area contributed by atoms with Crippen LogP contribution in [0.15, 0.2) is 61.2 Å². The zero-order valence-electron chi connectivity index (χ0n) is 15.7. The van der Waals surface area contributed by atoms with Crippen LogP contribution >= 0.6 is 0 Å². The fraction of sp³-hybridized carbons (Fsp3) is 0.250. The largest absolute Gasteiger partial charge is 0.262 e. The standard InChI is InChI=1S/C20H19F.C4H4N2/c1-12-6-8-16-17(10-12)15-9-7-14-5-3-4-13(2)20(14)18(15)11-19(16)21;1-2-6-4-3-5-1/h6-11,13H,3-5H2,1-2H3;1-4H. The summed E-state index contributed by atoms with van der Waals surface area (Å²) < 4.78 is 14.5. The predicted molar refractivity (Wildman–Crippen MR) is 110 cm³/mol. The molecule has 3 aromatic carbocycles. The van der Waals surface area contributed by atoms with Crippen LogP contribution in [-0.2, 0) is 6.42 Å². The van der Waals surface area contributed by atoms with Crippen molar-refractivity contribution in [1.82, 2.24) is 9.97 Å². The highest BCUT2D eigenvalue weighted by molar-refractivity contribution is 6.09. The van der Waals surface area contributed by atoms with E-state index in [9.17, 15) is 4.39 Å². The highest BCUT2D eigenvalue weighted by Gasteiger charge is 2.20. The van der Waals surface area contributed by atoms with Gasteiger partial charge in [0.05, 0.1) is 0 Å². The zero-order valence-corrected chi connectivity index (χ0v) is 15.7. The fourth-order valence-electron chi connectivity index (χ4n) is 4.16. The summed E-state index contributed by atoms with van der Waals surface area (Å²) in [5, 5.41) is 4.10. The van der Waals surface area contributed by atoms with Gasteiger partial charge in [0.1, 0.15) is 5.82 Å². The molecular formula is C24H23FN2. The Bertz CT molecular complexity index is 1060. The molecule has 1 heterocycles. The summed E-state index contributed by atoms with van der Waals surface area (Å²) in [6.07, 6.45) is 10.1. The number of benzene rings is 3. The zero-order chi connectivity index (χ0) is 18.8. The molecular weight excluding hydrogens is 335 g/mol. The molecule has 0 N–H and O–H groups in total. The Morgan fingerprint density at radius 2 is 1.56 bits per heavy atom. The van der Waals surface area contributed by atoms with Crippen molar-refractivity contribution in [1.29, 1.82) is 0 Å². The topological polar surface area (TPSA) is 25.8 Å². The SMILES string of the molecule is Cc1ccc2c(F)cc3c4c(ccc3c2c1)CCCC4C.c1cnccn1. The van der Waals surface area contributed by atoms with E-state index in [0.717, 1.165) is 22.6 Å². The lowest BCUT2D eigenvalue weighted by atomic mass is 9.80. The molecule has 5 rings (SSSR count). The van der Waals surface area contributed by atoms with Crippen LogP contribution in [0.25, 0.3) is 21.5 Å². The molecule has 3 heteroatoms. The van der Waals surface area contributed by atoms with Crippen LogP contribution < -0.4 is 0 Å². The van der Waals surface area contributed by atoms with Gasteiger partial charge in [-0.25, -0.2) is 4.39 Å². The van der Waals surface area contributed by atoms with Gasteiger partial charge >= 0.3 is 0 Å². The maximum Gasteiger partial charge on any atom is 0.131 e. The van der Waals surface area contributed by atoms with Gasteiger partial charge in [-0.05, 0) is 65.5 Å². The van der Waals surface area contributed by atoms with Gasteiger partial charge in [0.2, 0.25) is 0 Å². The molecule has 136 valence electrons. The molecule has 0 bridgehead atoms. The van der Waals surface area contributed by atoms with E-state index in [4.69, 9.17) is 0 Å². The molecule has 0 aliphatic heterocycles. The molecule has 1 atom stereocenters. The summed E-state index contributed by atoms with van der Waals surface area (Å²) in [5.41, 5.74) is 3.97. The van der Waals surface area contributed by atoms with Crippen molar-refractivity contribution in [3.63, 3.8) is 0 Å². The number of fused-ring (bicyclic) bond motifs is 5. The van der Waals surface area contributed by atoms with Gasteiger partial charge in [-0.15, -0.1) is 0 Å². The van der Waals surface area contributed by atoms with E-state index in [1.807, 2.05) is 12.1 Å². The monoisotopic (exact) mass is 358 g/mol. The minimum Gasteiger partial charge on any atom is -0.262 e. The van der Waals surface area contributed by atoms with E-state index in [1.165, 1.54) is 34.9 Å². The second-order valence-corrected chi connectivity index (χ2v) is 7.33. The molecule has 0 saturated heterocycles. The van der Waals surface area contributed by atoms with Crippen LogP contribution in [0.5, 0.6) is 0 Å². The Hall–Kier alpha value is -2.81. The third-order valence-electron chi connectivity index (χ3n) is 5.42. The average molecular weight is 358 g/mol. The molecule has 0 amide bonds. The maximum absolute atomic E-state index is 14.5. The van der Waals surface area contributed by atoms with Crippen molar-refractivity contribution in [3.8, 4) is 0 Å². The summed E-state index contributed by atoms with van der Waals surface area (Å²) in [6, 6.07) is 12.2. The van der Waals surface area contributed by atoms with Gasteiger partial charge in [-0.2, -0.15) is 0 Å². The van der Waals surface area contributed by atoms with E-state index >= 15 is 0 Å². The Morgan fingerprint density at radius 3 is 2.26 bits per heavy atom. The summed E-state index contributed by atoms with van der Waals surface area (Å²) in [5.74, 6) is 0.433. The number of rotatable bonds is 0. The second-order valence-electron chi connectivity index (χ2n) is 7.33. The molecule has 27 heavy (non-hydrogen) atoms. The second kappa shape index (κ2) is 7.43. The first-order chi connectivity index (χ1) is 13.1. The molecule has 0 radical (unpaired) electrons. The molecule has 0 fully saturated rings. The first-order valence-electron chi connectivity index (χ1n) is 9.49. The Kier molecular flexibility index (Phi) is 4.85. The molecule has 4 aromatic rings.